The van der Waals surface area contributed by atoms with Gasteiger partial charge < -0.3 is 10.6 Å². The van der Waals surface area contributed by atoms with Crippen LogP contribution in [0.3, 0.4) is 0 Å². The van der Waals surface area contributed by atoms with Gasteiger partial charge in [-0.3, -0.25) is 9.59 Å². The van der Waals surface area contributed by atoms with E-state index in [9.17, 15) is 18.0 Å². The van der Waals surface area contributed by atoms with Crippen molar-refractivity contribution in [2.45, 2.75) is 17.7 Å². The van der Waals surface area contributed by atoms with Crippen molar-refractivity contribution in [1.82, 2.24) is 5.32 Å². The summed E-state index contributed by atoms with van der Waals surface area (Å²) < 4.78 is 22.7. The summed E-state index contributed by atoms with van der Waals surface area (Å²) in [6, 6.07) is 22.4. The van der Waals surface area contributed by atoms with Crippen LogP contribution in [-0.4, -0.2) is 26.8 Å². The molecule has 3 aromatic rings. The monoisotopic (exact) mass is 437 g/mol. The second-order valence-electron chi connectivity index (χ2n) is 6.95. The predicted molar refractivity (Wildman–Crippen MR) is 119 cm³/mol. The fourth-order valence-corrected chi connectivity index (χ4v) is 3.54. The van der Waals surface area contributed by atoms with Crippen LogP contribution in [-0.2, 0) is 27.7 Å². The number of sulfonamides is 1. The van der Waals surface area contributed by atoms with Gasteiger partial charge in [0.25, 0.3) is 5.91 Å². The third-order valence-corrected chi connectivity index (χ3v) is 5.53. The lowest BCUT2D eigenvalue weighted by Gasteiger charge is -2.12. The highest BCUT2D eigenvalue weighted by atomic mass is 32.2. The molecule has 2 amide bonds. The van der Waals surface area contributed by atoms with Crippen LogP contribution in [0.4, 0.5) is 5.69 Å². The first kappa shape index (κ1) is 22.2. The van der Waals surface area contributed by atoms with Gasteiger partial charge in [0.2, 0.25) is 15.9 Å². The molecule has 0 saturated heterocycles. The minimum atomic E-state index is -3.78. The summed E-state index contributed by atoms with van der Waals surface area (Å²) in [4.78, 5) is 25.0. The highest BCUT2D eigenvalue weighted by molar-refractivity contribution is 7.89. The van der Waals surface area contributed by atoms with Gasteiger partial charge in [-0.1, -0.05) is 54.6 Å². The van der Waals surface area contributed by atoms with Crippen molar-refractivity contribution in [3.8, 4) is 0 Å². The fourth-order valence-electron chi connectivity index (χ4n) is 3.03. The molecule has 0 unspecified atom stereocenters. The van der Waals surface area contributed by atoms with Gasteiger partial charge in [0.15, 0.2) is 0 Å². The second kappa shape index (κ2) is 10.0. The normalized spacial score (nSPS) is 11.0. The number of nitrogens with two attached hydrogens (primary N) is 1. The van der Waals surface area contributed by atoms with Gasteiger partial charge in [-0.25, -0.2) is 13.6 Å². The molecular formula is C23H23N3O4S. The number of primary sulfonamides is 1. The predicted octanol–water partition coefficient (Wildman–Crippen LogP) is 2.49. The van der Waals surface area contributed by atoms with Crippen molar-refractivity contribution in [3.63, 3.8) is 0 Å². The number of hydrogen-bond donors (Lipinski definition) is 3. The lowest BCUT2D eigenvalue weighted by atomic mass is 10.1. The third kappa shape index (κ3) is 6.50. The summed E-state index contributed by atoms with van der Waals surface area (Å²) in [5.74, 6) is -0.600. The molecule has 7 nitrogen and oxygen atoms in total. The molecular weight excluding hydrogens is 414 g/mol. The molecule has 4 N–H and O–H groups in total. The zero-order chi connectivity index (χ0) is 22.3. The molecule has 0 aliphatic rings. The molecule has 0 aliphatic carbocycles. The maximum absolute atomic E-state index is 12.6. The van der Waals surface area contributed by atoms with Gasteiger partial charge in [-0.2, -0.15) is 0 Å². The Hall–Kier alpha value is -3.49. The van der Waals surface area contributed by atoms with Crippen molar-refractivity contribution in [2.24, 2.45) is 5.14 Å². The zero-order valence-corrected chi connectivity index (χ0v) is 17.6. The molecule has 0 radical (unpaired) electrons. The zero-order valence-electron chi connectivity index (χ0n) is 16.7. The van der Waals surface area contributed by atoms with E-state index in [1.165, 1.54) is 24.3 Å². The molecule has 0 saturated carbocycles. The second-order valence-corrected chi connectivity index (χ2v) is 8.51. The number of anilines is 1. The number of nitrogens with one attached hydrogen (secondary N) is 2. The quantitative estimate of drug-likeness (QED) is 0.502. The van der Waals surface area contributed by atoms with Gasteiger partial charge in [0, 0.05) is 6.54 Å². The van der Waals surface area contributed by atoms with Gasteiger partial charge in [-0.05, 0) is 41.8 Å². The summed E-state index contributed by atoms with van der Waals surface area (Å²) in [5, 5.41) is 10.7. The number of rotatable bonds is 8. The van der Waals surface area contributed by atoms with E-state index in [0.29, 0.717) is 29.8 Å². The number of benzene rings is 3. The van der Waals surface area contributed by atoms with Crippen LogP contribution in [0.5, 0.6) is 0 Å². The molecule has 0 atom stereocenters. The number of para-hydroxylation sites is 1. The van der Waals surface area contributed by atoms with Crippen molar-refractivity contribution >= 4 is 27.5 Å². The third-order valence-electron chi connectivity index (χ3n) is 4.60. The minimum absolute atomic E-state index is 0.0193. The van der Waals surface area contributed by atoms with Crippen molar-refractivity contribution in [1.29, 1.82) is 0 Å². The Balaban J connectivity index is 1.60. The lowest BCUT2D eigenvalue weighted by molar-refractivity contribution is -0.115. The molecule has 3 rings (SSSR count). The van der Waals surface area contributed by atoms with Gasteiger partial charge in [-0.15, -0.1) is 0 Å². The largest absolute Gasteiger partial charge is 0.352 e. The van der Waals surface area contributed by atoms with Crippen LogP contribution >= 0.6 is 0 Å². The van der Waals surface area contributed by atoms with E-state index in [-0.39, 0.29) is 23.1 Å². The van der Waals surface area contributed by atoms with E-state index in [1.807, 2.05) is 30.3 Å². The summed E-state index contributed by atoms with van der Waals surface area (Å²) in [6.45, 7) is 0.474. The van der Waals surface area contributed by atoms with Crippen molar-refractivity contribution in [3.05, 3.63) is 95.6 Å². The molecule has 0 bridgehead atoms. The molecule has 0 aromatic heterocycles. The van der Waals surface area contributed by atoms with E-state index in [0.717, 1.165) is 5.56 Å². The summed E-state index contributed by atoms with van der Waals surface area (Å²) in [6.07, 6.45) is 0.727. The number of hydrogen-bond acceptors (Lipinski definition) is 4. The lowest BCUT2D eigenvalue weighted by Crippen LogP contribution is -2.27. The van der Waals surface area contributed by atoms with Crippen LogP contribution in [0, 0.1) is 0 Å². The van der Waals surface area contributed by atoms with Crippen LogP contribution in [0.1, 0.15) is 21.5 Å². The Morgan fingerprint density at radius 1 is 0.806 bits per heavy atom. The summed E-state index contributed by atoms with van der Waals surface area (Å²) in [5.41, 5.74) is 2.52. The Morgan fingerprint density at radius 2 is 1.45 bits per heavy atom. The summed E-state index contributed by atoms with van der Waals surface area (Å²) in [7, 11) is -3.78. The van der Waals surface area contributed by atoms with E-state index >= 15 is 0 Å². The highest BCUT2D eigenvalue weighted by Crippen LogP contribution is 2.16. The number of carbonyl (C=O) groups excluding carboxylic acids is 2. The Morgan fingerprint density at radius 3 is 2.13 bits per heavy atom. The summed E-state index contributed by atoms with van der Waals surface area (Å²) >= 11 is 0. The molecule has 0 spiro atoms. The first-order valence-corrected chi connectivity index (χ1v) is 11.2. The smallest absolute Gasteiger partial charge is 0.253 e. The molecule has 0 aliphatic heterocycles. The Kier molecular flexibility index (Phi) is 7.17. The van der Waals surface area contributed by atoms with Crippen LogP contribution in [0.25, 0.3) is 0 Å². The standard InChI is InChI=1S/C23H23N3O4S/c24-31(29,30)19-12-10-18(11-13-19)16-22(27)26-21-9-5-4-8-20(21)23(28)25-15-14-17-6-2-1-3-7-17/h1-13H,14-16H2,(H,25,28)(H,26,27)(H2,24,29,30). The van der Waals surface area contributed by atoms with E-state index in [4.69, 9.17) is 5.14 Å². The fraction of sp³-hybridized carbons (Fsp3) is 0.130. The van der Waals surface area contributed by atoms with Gasteiger partial charge >= 0.3 is 0 Å². The van der Waals surface area contributed by atoms with Crippen LogP contribution < -0.4 is 15.8 Å². The number of amides is 2. The maximum atomic E-state index is 12.6. The van der Waals surface area contributed by atoms with E-state index in [1.54, 1.807) is 24.3 Å². The topological polar surface area (TPSA) is 118 Å². The maximum Gasteiger partial charge on any atom is 0.253 e. The molecule has 8 heteroatoms. The first-order valence-electron chi connectivity index (χ1n) is 9.66. The SMILES string of the molecule is NS(=O)(=O)c1ccc(CC(=O)Nc2ccccc2C(=O)NCCc2ccccc2)cc1. The highest BCUT2D eigenvalue weighted by Gasteiger charge is 2.14. The average Bonchev–Trinajstić information content (AvgIpc) is 2.74. The minimum Gasteiger partial charge on any atom is -0.352 e. The average molecular weight is 438 g/mol. The van der Waals surface area contributed by atoms with Gasteiger partial charge in [0.1, 0.15) is 0 Å². The van der Waals surface area contributed by atoms with E-state index < -0.39 is 10.0 Å². The van der Waals surface area contributed by atoms with Crippen LogP contribution in [0.15, 0.2) is 83.8 Å². The van der Waals surface area contributed by atoms with Crippen LogP contribution in [0.2, 0.25) is 0 Å². The molecule has 0 heterocycles. The van der Waals surface area contributed by atoms with Crippen molar-refractivity contribution < 1.29 is 18.0 Å². The molecule has 0 fully saturated rings. The van der Waals surface area contributed by atoms with E-state index in [2.05, 4.69) is 10.6 Å². The van der Waals surface area contributed by atoms with Gasteiger partial charge in [0.05, 0.1) is 22.6 Å². The number of carbonyl (C=O) groups is 2. The molecule has 160 valence electrons. The first-order chi connectivity index (χ1) is 14.8. The Bertz CT molecular complexity index is 1160. The molecule has 31 heavy (non-hydrogen) atoms. The molecule has 3 aromatic carbocycles. The Labute approximate surface area is 181 Å². The van der Waals surface area contributed by atoms with Crippen molar-refractivity contribution in [2.75, 3.05) is 11.9 Å².